The molecule has 0 bridgehead atoms. The van der Waals surface area contributed by atoms with Gasteiger partial charge in [-0.05, 0) is 55.7 Å². The van der Waals surface area contributed by atoms with E-state index >= 15 is 0 Å². The Balaban J connectivity index is 1.35. The maximum atomic E-state index is 13.2. The summed E-state index contributed by atoms with van der Waals surface area (Å²) >= 11 is 5.99. The Hall–Kier alpha value is -2.45. The van der Waals surface area contributed by atoms with E-state index in [0.29, 0.717) is 28.7 Å². The molecule has 5 nitrogen and oxygen atoms in total. The van der Waals surface area contributed by atoms with E-state index in [0.717, 1.165) is 37.6 Å². The molecule has 1 saturated heterocycles. The number of anilines is 1. The first-order chi connectivity index (χ1) is 14.8. The second-order valence-electron chi connectivity index (χ2n) is 7.59. The summed E-state index contributed by atoms with van der Waals surface area (Å²) < 4.78 is 50.4. The van der Waals surface area contributed by atoms with Gasteiger partial charge in [0.05, 0.1) is 12.2 Å². The number of nitrogens with zero attached hydrogens (tertiary/aromatic N) is 2. The number of nitrogens with one attached hydrogen (secondary N) is 1. The van der Waals surface area contributed by atoms with Crippen molar-refractivity contribution in [2.75, 3.05) is 25.0 Å². The zero-order valence-electron chi connectivity index (χ0n) is 17.0. The molecule has 4 rings (SSSR count). The minimum atomic E-state index is -4.43. The van der Waals surface area contributed by atoms with Crippen LogP contribution in [0.5, 0.6) is 5.75 Å². The number of alkyl halides is 3. The van der Waals surface area contributed by atoms with Crippen LogP contribution in [-0.2, 0) is 12.7 Å². The van der Waals surface area contributed by atoms with Gasteiger partial charge >= 0.3 is 6.18 Å². The highest BCUT2D eigenvalue weighted by molar-refractivity contribution is 6.31. The molecule has 1 aliphatic heterocycles. The van der Waals surface area contributed by atoms with Crippen molar-refractivity contribution in [1.82, 2.24) is 9.88 Å². The molecule has 9 heteroatoms. The van der Waals surface area contributed by atoms with E-state index in [1.165, 1.54) is 12.1 Å². The smallest absolute Gasteiger partial charge is 0.419 e. The summed E-state index contributed by atoms with van der Waals surface area (Å²) in [5.41, 5.74) is 1.45. The summed E-state index contributed by atoms with van der Waals surface area (Å²) in [6.45, 7) is 4.07. The summed E-state index contributed by atoms with van der Waals surface area (Å²) in [4.78, 5) is 6.65. The monoisotopic (exact) mass is 453 g/mol. The quantitative estimate of drug-likeness (QED) is 0.498. The fraction of sp³-hybridized carbons (Fsp3) is 0.409. The van der Waals surface area contributed by atoms with Gasteiger partial charge in [0.15, 0.2) is 5.58 Å². The van der Waals surface area contributed by atoms with Gasteiger partial charge in [-0.25, -0.2) is 0 Å². The molecule has 2 heterocycles. The van der Waals surface area contributed by atoms with Gasteiger partial charge in [0.1, 0.15) is 11.3 Å². The first kappa shape index (κ1) is 21.8. The van der Waals surface area contributed by atoms with E-state index in [1.54, 1.807) is 25.1 Å². The average Bonchev–Trinajstić information content (AvgIpc) is 3.10. The van der Waals surface area contributed by atoms with Crippen molar-refractivity contribution in [2.45, 2.75) is 38.5 Å². The third-order valence-electron chi connectivity index (χ3n) is 5.32. The number of hydrogen-bond acceptors (Lipinski definition) is 5. The predicted molar refractivity (Wildman–Crippen MR) is 114 cm³/mol. The molecule has 31 heavy (non-hydrogen) atoms. The number of rotatable bonds is 6. The summed E-state index contributed by atoms with van der Waals surface area (Å²) in [5.74, 6) is -0.111. The van der Waals surface area contributed by atoms with E-state index < -0.39 is 11.7 Å². The van der Waals surface area contributed by atoms with Gasteiger partial charge in [-0.2, -0.15) is 18.2 Å². The molecule has 0 saturated carbocycles. The Kier molecular flexibility index (Phi) is 6.29. The maximum Gasteiger partial charge on any atom is 0.419 e. The highest BCUT2D eigenvalue weighted by Gasteiger charge is 2.34. The minimum Gasteiger partial charge on any atom is -0.493 e. The van der Waals surface area contributed by atoms with Crippen LogP contribution in [0.1, 0.15) is 30.9 Å². The van der Waals surface area contributed by atoms with Gasteiger partial charge in [-0.15, -0.1) is 0 Å². The van der Waals surface area contributed by atoms with Crippen LogP contribution in [0.4, 0.5) is 19.2 Å². The molecule has 0 atom stereocenters. The minimum absolute atomic E-state index is 0.111. The Morgan fingerprint density at radius 2 is 1.97 bits per heavy atom. The van der Waals surface area contributed by atoms with Crippen LogP contribution in [0.2, 0.25) is 5.02 Å². The number of benzene rings is 2. The summed E-state index contributed by atoms with van der Waals surface area (Å²) in [6, 6.07) is 10.1. The molecule has 0 amide bonds. The van der Waals surface area contributed by atoms with Crippen molar-refractivity contribution in [1.29, 1.82) is 0 Å². The first-order valence-corrected chi connectivity index (χ1v) is 10.6. The van der Waals surface area contributed by atoms with Crippen LogP contribution in [0.25, 0.3) is 11.1 Å². The number of ether oxygens (including phenoxy) is 1. The second kappa shape index (κ2) is 8.96. The van der Waals surface area contributed by atoms with E-state index in [1.807, 2.05) is 0 Å². The molecule has 1 N–H and O–H groups in total. The highest BCUT2D eigenvalue weighted by Crippen LogP contribution is 2.37. The average molecular weight is 454 g/mol. The van der Waals surface area contributed by atoms with Crippen LogP contribution in [0.15, 0.2) is 40.8 Å². The molecular weight excluding hydrogens is 431 g/mol. The number of halogens is 4. The van der Waals surface area contributed by atoms with Gasteiger partial charge in [0.2, 0.25) is 0 Å². The zero-order chi connectivity index (χ0) is 22.0. The SMILES string of the molecule is CCOc1cc(CN2CCC(Nc3nc4cc(Cl)ccc4o3)CC2)ccc1C(F)(F)F. The van der Waals surface area contributed by atoms with Crippen LogP contribution in [-0.4, -0.2) is 35.6 Å². The molecule has 0 aliphatic carbocycles. The van der Waals surface area contributed by atoms with Crippen molar-refractivity contribution >= 4 is 28.7 Å². The van der Waals surface area contributed by atoms with Gasteiger partial charge < -0.3 is 14.5 Å². The van der Waals surface area contributed by atoms with Crippen molar-refractivity contribution in [3.63, 3.8) is 0 Å². The molecule has 1 aliphatic rings. The maximum absolute atomic E-state index is 13.2. The van der Waals surface area contributed by atoms with Crippen LogP contribution < -0.4 is 10.1 Å². The lowest BCUT2D eigenvalue weighted by atomic mass is 10.0. The second-order valence-corrected chi connectivity index (χ2v) is 8.02. The van der Waals surface area contributed by atoms with Crippen molar-refractivity contribution in [3.05, 3.63) is 52.5 Å². The molecular formula is C22H23ClF3N3O2. The molecule has 0 radical (unpaired) electrons. The molecule has 2 aromatic carbocycles. The third kappa shape index (κ3) is 5.25. The van der Waals surface area contributed by atoms with Crippen molar-refractivity contribution in [3.8, 4) is 5.75 Å². The summed E-state index contributed by atoms with van der Waals surface area (Å²) in [6.07, 6.45) is -2.68. The van der Waals surface area contributed by atoms with E-state index in [2.05, 4.69) is 15.2 Å². The molecule has 1 fully saturated rings. The van der Waals surface area contributed by atoms with Gasteiger partial charge in [0.25, 0.3) is 6.01 Å². The zero-order valence-corrected chi connectivity index (χ0v) is 17.8. The van der Waals surface area contributed by atoms with Gasteiger partial charge in [-0.3, -0.25) is 4.90 Å². The van der Waals surface area contributed by atoms with Gasteiger partial charge in [0, 0.05) is 30.7 Å². The lowest BCUT2D eigenvalue weighted by Gasteiger charge is -2.32. The van der Waals surface area contributed by atoms with Crippen LogP contribution in [0.3, 0.4) is 0 Å². The molecule has 166 valence electrons. The number of fused-ring (bicyclic) bond motifs is 1. The Labute approximate surface area is 183 Å². The first-order valence-electron chi connectivity index (χ1n) is 10.2. The molecule has 3 aromatic rings. The fourth-order valence-electron chi connectivity index (χ4n) is 3.80. The number of oxazole rings is 1. The Morgan fingerprint density at radius 3 is 2.68 bits per heavy atom. The highest BCUT2D eigenvalue weighted by atomic mass is 35.5. The standard InChI is InChI=1S/C22H23ClF3N3O2/c1-2-30-20-11-14(3-5-17(20)22(24,25)26)13-29-9-7-16(8-10-29)27-21-28-18-12-15(23)4-6-19(18)31-21/h3-6,11-12,16H,2,7-10,13H2,1H3,(H,27,28). The third-order valence-corrected chi connectivity index (χ3v) is 5.56. The van der Waals surface area contributed by atoms with Crippen LogP contribution in [0, 0.1) is 0 Å². The molecule has 0 spiro atoms. The Morgan fingerprint density at radius 1 is 1.19 bits per heavy atom. The van der Waals surface area contributed by atoms with Crippen molar-refractivity contribution < 1.29 is 22.3 Å². The number of likely N-dealkylation sites (tertiary alicyclic amines) is 1. The number of aromatic nitrogens is 1. The fourth-order valence-corrected chi connectivity index (χ4v) is 3.97. The van der Waals surface area contributed by atoms with Gasteiger partial charge in [-0.1, -0.05) is 17.7 Å². The summed E-state index contributed by atoms with van der Waals surface area (Å²) in [7, 11) is 0. The predicted octanol–water partition coefficient (Wildman–Crippen LogP) is 5.98. The number of piperidine rings is 1. The van der Waals surface area contributed by atoms with E-state index in [4.69, 9.17) is 20.8 Å². The topological polar surface area (TPSA) is 50.5 Å². The van der Waals surface area contributed by atoms with Crippen molar-refractivity contribution in [2.24, 2.45) is 0 Å². The van der Waals surface area contributed by atoms with E-state index in [9.17, 15) is 13.2 Å². The number of hydrogen-bond donors (Lipinski definition) is 1. The normalized spacial score (nSPS) is 16.0. The molecule has 0 unspecified atom stereocenters. The lowest BCUT2D eigenvalue weighted by molar-refractivity contribution is -0.138. The largest absolute Gasteiger partial charge is 0.493 e. The molecule has 1 aromatic heterocycles. The lowest BCUT2D eigenvalue weighted by Crippen LogP contribution is -2.38. The van der Waals surface area contributed by atoms with E-state index in [-0.39, 0.29) is 18.4 Å². The summed E-state index contributed by atoms with van der Waals surface area (Å²) in [5, 5.41) is 3.94. The van der Waals surface area contributed by atoms with Crippen LogP contribution >= 0.6 is 11.6 Å². The Bertz CT molecular complexity index is 1050.